The van der Waals surface area contributed by atoms with Crippen molar-refractivity contribution in [1.29, 1.82) is 0 Å². The maximum absolute atomic E-state index is 5.78. The van der Waals surface area contributed by atoms with Crippen molar-refractivity contribution >= 4 is 0 Å². The molecule has 1 unspecified atom stereocenters. The maximum Gasteiger partial charge on any atom is 0.161 e. The summed E-state index contributed by atoms with van der Waals surface area (Å²) in [5.74, 6) is 1.72. The Bertz CT molecular complexity index is 493. The Hall–Kier alpha value is -1.68. The van der Waals surface area contributed by atoms with Gasteiger partial charge in [-0.2, -0.15) is 5.10 Å². The fraction of sp³-hybridized carbons (Fsp3) is 0.429. The van der Waals surface area contributed by atoms with Crippen molar-refractivity contribution < 1.29 is 4.74 Å². The van der Waals surface area contributed by atoms with Gasteiger partial charge in [-0.1, -0.05) is 44.2 Å². The van der Waals surface area contributed by atoms with Gasteiger partial charge in [-0.25, -0.2) is 9.67 Å². The molecular weight excluding hydrogens is 226 g/mol. The van der Waals surface area contributed by atoms with Gasteiger partial charge in [-0.05, 0) is 12.5 Å². The molecule has 2 heterocycles. The van der Waals surface area contributed by atoms with Gasteiger partial charge >= 0.3 is 0 Å². The molecule has 4 nitrogen and oxygen atoms in total. The SMILES string of the molecule is CC.Cc1nc2n(n1)CCOC2c1ccccc1. The molecule has 0 saturated heterocycles. The van der Waals surface area contributed by atoms with E-state index in [4.69, 9.17) is 4.74 Å². The van der Waals surface area contributed by atoms with E-state index < -0.39 is 0 Å². The van der Waals surface area contributed by atoms with E-state index in [2.05, 4.69) is 22.2 Å². The lowest BCUT2D eigenvalue weighted by Crippen LogP contribution is -2.23. The van der Waals surface area contributed by atoms with Crippen LogP contribution in [0.1, 0.15) is 37.2 Å². The van der Waals surface area contributed by atoms with Gasteiger partial charge in [-0.15, -0.1) is 0 Å². The molecule has 0 saturated carbocycles. The fourth-order valence-corrected chi connectivity index (χ4v) is 2.03. The van der Waals surface area contributed by atoms with Crippen LogP contribution < -0.4 is 0 Å². The van der Waals surface area contributed by atoms with E-state index >= 15 is 0 Å². The summed E-state index contributed by atoms with van der Waals surface area (Å²) in [6, 6.07) is 10.2. The van der Waals surface area contributed by atoms with Crippen LogP contribution in [0.2, 0.25) is 0 Å². The van der Waals surface area contributed by atoms with Crippen molar-refractivity contribution in [2.45, 2.75) is 33.4 Å². The van der Waals surface area contributed by atoms with Crippen LogP contribution in [0.3, 0.4) is 0 Å². The van der Waals surface area contributed by atoms with Gasteiger partial charge < -0.3 is 4.74 Å². The predicted octanol–water partition coefficient (Wildman–Crippen LogP) is 2.73. The van der Waals surface area contributed by atoms with E-state index in [1.807, 2.05) is 43.7 Å². The number of rotatable bonds is 1. The van der Waals surface area contributed by atoms with E-state index in [-0.39, 0.29) is 6.10 Å². The Morgan fingerprint density at radius 2 is 1.94 bits per heavy atom. The summed E-state index contributed by atoms with van der Waals surface area (Å²) >= 11 is 0. The number of fused-ring (bicyclic) bond motifs is 1. The molecule has 1 aliphatic heterocycles. The predicted molar refractivity (Wildman–Crippen MR) is 70.3 cm³/mol. The molecule has 0 N–H and O–H groups in total. The first-order chi connectivity index (χ1) is 8.84. The van der Waals surface area contributed by atoms with Crippen molar-refractivity contribution in [3.63, 3.8) is 0 Å². The zero-order valence-corrected chi connectivity index (χ0v) is 11.1. The number of aryl methyl sites for hydroxylation is 1. The van der Waals surface area contributed by atoms with Gasteiger partial charge in [0.15, 0.2) is 5.82 Å². The number of hydrogen-bond donors (Lipinski definition) is 0. The van der Waals surface area contributed by atoms with Gasteiger partial charge in [-0.3, -0.25) is 0 Å². The number of benzene rings is 1. The molecule has 1 atom stereocenters. The van der Waals surface area contributed by atoms with Crippen molar-refractivity contribution in [3.8, 4) is 0 Å². The molecule has 0 fully saturated rings. The number of nitrogens with zero attached hydrogens (tertiary/aromatic N) is 3. The summed E-state index contributed by atoms with van der Waals surface area (Å²) in [4.78, 5) is 4.44. The highest BCUT2D eigenvalue weighted by Crippen LogP contribution is 2.27. The second-order valence-corrected chi connectivity index (χ2v) is 3.90. The van der Waals surface area contributed by atoms with E-state index in [1.54, 1.807) is 0 Å². The number of hydrogen-bond acceptors (Lipinski definition) is 3. The molecule has 96 valence electrons. The zero-order valence-electron chi connectivity index (χ0n) is 11.1. The summed E-state index contributed by atoms with van der Waals surface area (Å²) in [5, 5.41) is 4.35. The number of ether oxygens (including phenoxy) is 1. The van der Waals surface area contributed by atoms with E-state index in [0.717, 1.165) is 23.8 Å². The summed E-state index contributed by atoms with van der Waals surface area (Å²) in [7, 11) is 0. The molecule has 4 heteroatoms. The minimum atomic E-state index is -0.0730. The monoisotopic (exact) mass is 245 g/mol. The molecule has 0 spiro atoms. The highest BCUT2D eigenvalue weighted by molar-refractivity contribution is 5.23. The first-order valence-corrected chi connectivity index (χ1v) is 6.42. The molecular formula is C14H19N3O. The standard InChI is InChI=1S/C12H13N3O.C2H6/c1-9-13-12-11(10-5-3-2-4-6-10)16-8-7-15(12)14-9;1-2/h2-6,11H,7-8H2,1H3;1-2H3. The third-order valence-corrected chi connectivity index (χ3v) is 2.73. The van der Waals surface area contributed by atoms with Crippen LogP contribution >= 0.6 is 0 Å². The summed E-state index contributed by atoms with van der Waals surface area (Å²) in [6.45, 7) is 7.39. The quantitative estimate of drug-likeness (QED) is 0.775. The van der Waals surface area contributed by atoms with Crippen LogP contribution in [0, 0.1) is 6.92 Å². The lowest BCUT2D eigenvalue weighted by atomic mass is 10.1. The summed E-state index contributed by atoms with van der Waals surface area (Å²) in [5.41, 5.74) is 1.14. The van der Waals surface area contributed by atoms with Gasteiger partial charge in [0.25, 0.3) is 0 Å². The molecule has 1 aromatic heterocycles. The summed E-state index contributed by atoms with van der Waals surface area (Å²) < 4.78 is 7.72. The van der Waals surface area contributed by atoms with Crippen LogP contribution in [0.5, 0.6) is 0 Å². The largest absolute Gasteiger partial charge is 0.364 e. The smallest absolute Gasteiger partial charge is 0.161 e. The molecule has 0 radical (unpaired) electrons. The number of aromatic nitrogens is 3. The molecule has 18 heavy (non-hydrogen) atoms. The van der Waals surface area contributed by atoms with E-state index in [1.165, 1.54) is 0 Å². The average Bonchev–Trinajstić information content (AvgIpc) is 2.82. The first-order valence-electron chi connectivity index (χ1n) is 6.42. The second kappa shape index (κ2) is 5.78. The zero-order chi connectivity index (χ0) is 13.0. The summed E-state index contributed by atoms with van der Waals surface area (Å²) in [6.07, 6.45) is -0.0730. The molecule has 1 aliphatic rings. The van der Waals surface area contributed by atoms with Crippen LogP contribution in [0.15, 0.2) is 30.3 Å². The minimum Gasteiger partial charge on any atom is -0.364 e. The van der Waals surface area contributed by atoms with Gasteiger partial charge in [0.2, 0.25) is 0 Å². The van der Waals surface area contributed by atoms with Crippen LogP contribution in [-0.4, -0.2) is 21.4 Å². The third-order valence-electron chi connectivity index (χ3n) is 2.73. The maximum atomic E-state index is 5.78. The van der Waals surface area contributed by atoms with Crippen LogP contribution in [-0.2, 0) is 11.3 Å². The Morgan fingerprint density at radius 3 is 2.67 bits per heavy atom. The van der Waals surface area contributed by atoms with Crippen LogP contribution in [0.25, 0.3) is 0 Å². The highest BCUT2D eigenvalue weighted by atomic mass is 16.5. The average molecular weight is 245 g/mol. The second-order valence-electron chi connectivity index (χ2n) is 3.90. The van der Waals surface area contributed by atoms with Gasteiger partial charge in [0.05, 0.1) is 13.2 Å². The fourth-order valence-electron chi connectivity index (χ4n) is 2.03. The lowest BCUT2D eigenvalue weighted by molar-refractivity contribution is 0.0390. The van der Waals surface area contributed by atoms with Crippen molar-refractivity contribution in [1.82, 2.24) is 14.8 Å². The Balaban J connectivity index is 0.000000574. The minimum absolute atomic E-state index is 0.0730. The first kappa shape index (κ1) is 12.8. The Labute approximate surface area is 108 Å². The van der Waals surface area contributed by atoms with E-state index in [9.17, 15) is 0 Å². The molecule has 3 rings (SSSR count). The molecule has 1 aromatic carbocycles. The topological polar surface area (TPSA) is 39.9 Å². The van der Waals surface area contributed by atoms with Crippen LogP contribution in [0.4, 0.5) is 0 Å². The van der Waals surface area contributed by atoms with E-state index in [0.29, 0.717) is 6.61 Å². The van der Waals surface area contributed by atoms with Gasteiger partial charge in [0.1, 0.15) is 11.9 Å². The molecule has 2 aromatic rings. The lowest BCUT2D eigenvalue weighted by Gasteiger charge is -2.23. The molecule has 0 aliphatic carbocycles. The Kier molecular flexibility index (Phi) is 4.10. The van der Waals surface area contributed by atoms with Crippen molar-refractivity contribution in [2.24, 2.45) is 0 Å². The van der Waals surface area contributed by atoms with Gasteiger partial charge in [0, 0.05) is 0 Å². The highest BCUT2D eigenvalue weighted by Gasteiger charge is 2.25. The third kappa shape index (κ3) is 2.43. The van der Waals surface area contributed by atoms with Crippen molar-refractivity contribution in [2.75, 3.05) is 6.61 Å². The molecule has 0 amide bonds. The normalized spacial score (nSPS) is 17.6. The molecule has 0 bridgehead atoms. The van der Waals surface area contributed by atoms with Crippen molar-refractivity contribution in [3.05, 3.63) is 47.5 Å². The Morgan fingerprint density at radius 1 is 1.22 bits per heavy atom.